The summed E-state index contributed by atoms with van der Waals surface area (Å²) in [6, 6.07) is 10.5. The second-order valence-electron chi connectivity index (χ2n) is 11.4. The number of carbonyl (C=O) groups excluding carboxylic acids is 2. The molecule has 3 aromatic rings. The fourth-order valence-electron chi connectivity index (χ4n) is 5.18. The highest BCUT2D eigenvalue weighted by molar-refractivity contribution is 7.98. The molecule has 4 rings (SSSR count). The summed E-state index contributed by atoms with van der Waals surface area (Å²) >= 11 is 1.43. The number of carbonyl (C=O) groups is 3. The van der Waals surface area contributed by atoms with Crippen molar-refractivity contribution in [3.63, 3.8) is 0 Å². The average Bonchev–Trinajstić information content (AvgIpc) is 3.29. The average molecular weight is 628 g/mol. The van der Waals surface area contributed by atoms with E-state index in [1.54, 1.807) is 12.1 Å². The Kier molecular flexibility index (Phi) is 9.67. The first-order chi connectivity index (χ1) is 20.2. The van der Waals surface area contributed by atoms with E-state index in [4.69, 9.17) is 0 Å². The molecule has 0 bridgehead atoms. The third-order valence-electron chi connectivity index (χ3n) is 7.21. The number of Topliss-reactive ketones (excluding diaryl/α,β-unsaturated/α-hetero) is 1. The first kappa shape index (κ1) is 32.2. The number of sulfonamides is 1. The van der Waals surface area contributed by atoms with E-state index in [-0.39, 0.29) is 31.0 Å². The molecule has 13 heteroatoms. The van der Waals surface area contributed by atoms with Crippen molar-refractivity contribution in [1.29, 1.82) is 0 Å². The van der Waals surface area contributed by atoms with Gasteiger partial charge >= 0.3 is 5.97 Å². The van der Waals surface area contributed by atoms with E-state index in [9.17, 15) is 27.9 Å². The van der Waals surface area contributed by atoms with Gasteiger partial charge in [0.2, 0.25) is 15.9 Å². The smallest absolute Gasteiger partial charge is 0.322 e. The molecule has 0 fully saturated rings. The summed E-state index contributed by atoms with van der Waals surface area (Å²) in [7, 11) is -4.15. The van der Waals surface area contributed by atoms with Crippen molar-refractivity contribution in [2.45, 2.75) is 63.8 Å². The molecule has 230 valence electrons. The van der Waals surface area contributed by atoms with Crippen molar-refractivity contribution in [3.8, 4) is 11.3 Å². The number of nitrogens with zero attached hydrogens (tertiary/aromatic N) is 2. The lowest BCUT2D eigenvalue weighted by molar-refractivity contribution is -0.142. The predicted molar refractivity (Wildman–Crippen MR) is 169 cm³/mol. The molecule has 0 spiro atoms. The standard InChI is InChI=1S/C30H37N5O6S2/c1-18(36)32-25-15-19(11-13-31-25)27-28(33-20-9-7-6-8-10-20)26-22(34-27)16-21(17-24(26)37)35(43(40,41)30(2,3)4)23(29(38)39)12-14-42-5/h6-11,13,15,21,23,33-34H,12,14,16-17H2,1-5H3,(H,38,39)(H,31,32,36)/t21?,23-/m0/s1. The number of hydrogen-bond donors (Lipinski definition) is 4. The highest BCUT2D eigenvalue weighted by atomic mass is 32.2. The lowest BCUT2D eigenvalue weighted by atomic mass is 9.90. The van der Waals surface area contributed by atoms with Gasteiger partial charge in [0.15, 0.2) is 5.78 Å². The maximum absolute atomic E-state index is 13.9. The molecule has 1 amide bonds. The van der Waals surface area contributed by atoms with Crippen molar-refractivity contribution in [2.75, 3.05) is 22.6 Å². The van der Waals surface area contributed by atoms with E-state index < -0.39 is 32.8 Å². The highest BCUT2D eigenvalue weighted by Crippen LogP contribution is 2.41. The van der Waals surface area contributed by atoms with E-state index in [1.807, 2.05) is 36.6 Å². The number of hydrogen-bond acceptors (Lipinski definition) is 8. The molecule has 0 saturated heterocycles. The van der Waals surface area contributed by atoms with Crippen LogP contribution in [0.25, 0.3) is 11.3 Å². The van der Waals surface area contributed by atoms with Gasteiger partial charge in [-0.15, -0.1) is 0 Å². The highest BCUT2D eigenvalue weighted by Gasteiger charge is 2.48. The lowest BCUT2D eigenvalue weighted by Gasteiger charge is -2.40. The van der Waals surface area contributed by atoms with Crippen LogP contribution in [0.4, 0.5) is 17.2 Å². The molecular weight excluding hydrogens is 590 g/mol. The second-order valence-corrected chi connectivity index (χ2v) is 15.0. The zero-order chi connectivity index (χ0) is 31.5. The van der Waals surface area contributed by atoms with Gasteiger partial charge < -0.3 is 20.7 Å². The van der Waals surface area contributed by atoms with E-state index in [0.29, 0.717) is 39.8 Å². The number of ketones is 1. The Balaban J connectivity index is 1.86. The molecule has 1 aromatic carbocycles. The first-order valence-electron chi connectivity index (χ1n) is 13.8. The van der Waals surface area contributed by atoms with Crippen LogP contribution in [0.5, 0.6) is 0 Å². The Hall–Kier alpha value is -3.68. The third kappa shape index (κ3) is 6.94. The molecule has 11 nitrogen and oxygen atoms in total. The van der Waals surface area contributed by atoms with Crippen molar-refractivity contribution in [2.24, 2.45) is 0 Å². The summed E-state index contributed by atoms with van der Waals surface area (Å²) in [5.41, 5.74) is 3.31. The zero-order valence-corrected chi connectivity index (χ0v) is 26.4. The minimum Gasteiger partial charge on any atom is -0.480 e. The maximum atomic E-state index is 13.9. The summed E-state index contributed by atoms with van der Waals surface area (Å²) in [5, 5.41) is 16.2. The van der Waals surface area contributed by atoms with Gasteiger partial charge in [-0.3, -0.25) is 14.4 Å². The fraction of sp³-hybridized carbons (Fsp3) is 0.400. The summed E-state index contributed by atoms with van der Waals surface area (Å²) in [4.78, 5) is 45.7. The molecule has 43 heavy (non-hydrogen) atoms. The molecular formula is C30H37N5O6S2. The Morgan fingerprint density at radius 3 is 2.49 bits per heavy atom. The molecule has 0 radical (unpaired) electrons. The van der Waals surface area contributed by atoms with Crippen LogP contribution in [-0.2, 0) is 26.0 Å². The number of pyridine rings is 1. The Morgan fingerprint density at radius 2 is 1.88 bits per heavy atom. The molecule has 1 aliphatic rings. The second kappa shape index (κ2) is 12.9. The van der Waals surface area contributed by atoms with Gasteiger partial charge in [0.1, 0.15) is 11.9 Å². The molecule has 1 aliphatic carbocycles. The van der Waals surface area contributed by atoms with Crippen LogP contribution in [0.2, 0.25) is 0 Å². The monoisotopic (exact) mass is 627 g/mol. The van der Waals surface area contributed by atoms with Crippen molar-refractivity contribution in [3.05, 3.63) is 59.9 Å². The van der Waals surface area contributed by atoms with Crippen LogP contribution in [0.3, 0.4) is 0 Å². The molecule has 0 saturated carbocycles. The first-order valence-corrected chi connectivity index (χ1v) is 16.7. The van der Waals surface area contributed by atoms with Gasteiger partial charge in [-0.05, 0) is 63.5 Å². The van der Waals surface area contributed by atoms with Crippen LogP contribution >= 0.6 is 11.8 Å². The molecule has 1 unspecified atom stereocenters. The van der Waals surface area contributed by atoms with Crippen LogP contribution in [0.15, 0.2) is 48.7 Å². The summed E-state index contributed by atoms with van der Waals surface area (Å²) in [6.07, 6.45) is 3.39. The van der Waals surface area contributed by atoms with Crippen molar-refractivity contribution < 1.29 is 27.9 Å². The molecule has 0 aliphatic heterocycles. The van der Waals surface area contributed by atoms with Gasteiger partial charge in [-0.25, -0.2) is 13.4 Å². The number of benzene rings is 1. The van der Waals surface area contributed by atoms with Gasteiger partial charge in [-0.2, -0.15) is 16.1 Å². The van der Waals surface area contributed by atoms with Gasteiger partial charge in [0, 0.05) is 48.9 Å². The van der Waals surface area contributed by atoms with E-state index in [0.717, 1.165) is 9.99 Å². The zero-order valence-electron chi connectivity index (χ0n) is 24.8. The number of fused-ring (bicyclic) bond motifs is 1. The summed E-state index contributed by atoms with van der Waals surface area (Å²) < 4.78 is 27.6. The Bertz CT molecular complexity index is 1620. The number of aromatic amines is 1. The number of H-pyrrole nitrogens is 1. The SMILES string of the molecule is CSCC[C@@H](C(=O)O)N(C1CC(=O)c2c([nH]c(-c3ccnc(NC(C)=O)c3)c2Nc2ccccc2)C1)S(=O)(=O)C(C)(C)C. The minimum absolute atomic E-state index is 0.100. The van der Waals surface area contributed by atoms with Crippen LogP contribution < -0.4 is 10.6 Å². The van der Waals surface area contributed by atoms with E-state index in [2.05, 4.69) is 20.6 Å². The lowest BCUT2D eigenvalue weighted by Crippen LogP contribution is -2.57. The summed E-state index contributed by atoms with van der Waals surface area (Å²) in [5.74, 6) is -1.08. The van der Waals surface area contributed by atoms with Gasteiger partial charge in [-0.1, -0.05) is 18.2 Å². The molecule has 2 atom stereocenters. The number of amides is 1. The van der Waals surface area contributed by atoms with Crippen LogP contribution in [-0.4, -0.2) is 74.3 Å². The normalized spacial score (nSPS) is 16.0. The number of nitrogens with one attached hydrogen (secondary N) is 3. The van der Waals surface area contributed by atoms with Gasteiger partial charge in [0.05, 0.1) is 21.7 Å². The molecule has 4 N–H and O–H groups in total. The number of carboxylic acids is 1. The van der Waals surface area contributed by atoms with Crippen molar-refractivity contribution >= 4 is 56.6 Å². The van der Waals surface area contributed by atoms with Crippen LogP contribution in [0.1, 0.15) is 56.6 Å². The fourth-order valence-corrected chi connectivity index (χ4v) is 7.35. The largest absolute Gasteiger partial charge is 0.480 e. The van der Waals surface area contributed by atoms with E-state index in [1.165, 1.54) is 45.7 Å². The number of rotatable bonds is 11. The quantitative estimate of drug-likeness (QED) is 0.231. The number of anilines is 3. The Labute approximate surface area is 255 Å². The predicted octanol–water partition coefficient (Wildman–Crippen LogP) is 4.91. The number of thioether (sulfide) groups is 1. The number of aromatic nitrogens is 2. The van der Waals surface area contributed by atoms with Gasteiger partial charge in [0.25, 0.3) is 0 Å². The maximum Gasteiger partial charge on any atom is 0.322 e. The number of para-hydroxylation sites is 1. The molecule has 2 aromatic heterocycles. The number of aliphatic carboxylic acids is 1. The third-order valence-corrected chi connectivity index (χ3v) is 10.5. The minimum atomic E-state index is -4.15. The van der Waals surface area contributed by atoms with Crippen LogP contribution in [0, 0.1) is 0 Å². The number of carboxylic acid groups (broad SMARTS) is 1. The van der Waals surface area contributed by atoms with Crippen molar-refractivity contribution in [1.82, 2.24) is 14.3 Å². The van der Waals surface area contributed by atoms with E-state index >= 15 is 0 Å². The summed E-state index contributed by atoms with van der Waals surface area (Å²) in [6.45, 7) is 5.97. The topological polar surface area (TPSA) is 162 Å². The molecule has 2 heterocycles. The Morgan fingerprint density at radius 1 is 1.19 bits per heavy atom.